The minimum Gasteiger partial charge on any atom is -0.484 e. The number of ketones is 1. The van der Waals surface area contributed by atoms with E-state index in [1.165, 1.54) is 0 Å². The summed E-state index contributed by atoms with van der Waals surface area (Å²) in [5, 5.41) is 9.30. The quantitative estimate of drug-likeness (QED) is 0.791. The molecule has 0 aliphatic carbocycles. The number of nitrogens with zero attached hydrogens (tertiary/aromatic N) is 1. The van der Waals surface area contributed by atoms with Crippen molar-refractivity contribution in [3.8, 4) is 11.8 Å². The maximum atomic E-state index is 11.3. The molecule has 0 saturated heterocycles. The van der Waals surface area contributed by atoms with E-state index in [1.807, 2.05) is 13.0 Å². The Balaban J connectivity index is 2.70. The lowest BCUT2D eigenvalue weighted by molar-refractivity contribution is -0.121. The number of nitriles is 1. The topological polar surface area (TPSA) is 50.1 Å². The summed E-state index contributed by atoms with van der Waals surface area (Å²) >= 11 is 5.78. The summed E-state index contributed by atoms with van der Waals surface area (Å²) in [6.45, 7) is 1.92. The van der Waals surface area contributed by atoms with Crippen LogP contribution in [0.3, 0.4) is 0 Å². The molecule has 0 heterocycles. The summed E-state index contributed by atoms with van der Waals surface area (Å²) in [7, 11) is 0. The van der Waals surface area contributed by atoms with Crippen LogP contribution in [0.4, 0.5) is 0 Å². The maximum absolute atomic E-state index is 11.3. The molecule has 4 heteroatoms. The first-order valence-corrected chi connectivity index (χ1v) is 5.39. The fourth-order valence-electron chi connectivity index (χ4n) is 1.22. The first-order chi connectivity index (χ1) is 7.67. The Labute approximate surface area is 99.6 Å². The van der Waals surface area contributed by atoms with E-state index in [0.29, 0.717) is 22.8 Å². The average molecular weight is 238 g/mol. The van der Waals surface area contributed by atoms with Gasteiger partial charge in [0.2, 0.25) is 0 Å². The number of benzene rings is 1. The van der Waals surface area contributed by atoms with Gasteiger partial charge in [-0.2, -0.15) is 5.26 Å². The fraction of sp³-hybridized carbons (Fsp3) is 0.333. The highest BCUT2D eigenvalue weighted by Gasteiger charge is 2.06. The van der Waals surface area contributed by atoms with Crippen LogP contribution >= 0.6 is 11.6 Å². The van der Waals surface area contributed by atoms with Gasteiger partial charge in [-0.1, -0.05) is 18.5 Å². The minimum atomic E-state index is -0.0110. The van der Waals surface area contributed by atoms with E-state index in [-0.39, 0.29) is 12.4 Å². The van der Waals surface area contributed by atoms with E-state index in [2.05, 4.69) is 0 Å². The van der Waals surface area contributed by atoms with Gasteiger partial charge in [-0.15, -0.1) is 0 Å². The fourth-order valence-corrected chi connectivity index (χ4v) is 1.38. The molecule has 16 heavy (non-hydrogen) atoms. The van der Waals surface area contributed by atoms with Crippen molar-refractivity contribution in [2.24, 2.45) is 0 Å². The molecule has 0 spiro atoms. The number of carbonyl (C=O) groups excluding carboxylic acids is 1. The van der Waals surface area contributed by atoms with E-state index in [9.17, 15) is 4.79 Å². The van der Waals surface area contributed by atoms with Crippen LogP contribution in [-0.4, -0.2) is 12.4 Å². The van der Waals surface area contributed by atoms with Crippen LogP contribution < -0.4 is 4.74 Å². The zero-order valence-electron chi connectivity index (χ0n) is 9.00. The predicted molar refractivity (Wildman–Crippen MR) is 61.6 cm³/mol. The number of Topliss-reactive ketones (excluding diaryl/α,β-unsaturated/α-hetero) is 1. The second kappa shape index (κ2) is 6.14. The molecule has 1 rings (SSSR count). The van der Waals surface area contributed by atoms with Gasteiger partial charge in [-0.25, -0.2) is 0 Å². The Morgan fingerprint density at radius 3 is 2.94 bits per heavy atom. The van der Waals surface area contributed by atoms with Crippen LogP contribution in [0.5, 0.6) is 5.75 Å². The van der Waals surface area contributed by atoms with Crippen molar-refractivity contribution >= 4 is 17.4 Å². The van der Waals surface area contributed by atoms with Crippen molar-refractivity contribution in [2.45, 2.75) is 19.8 Å². The first kappa shape index (κ1) is 12.5. The van der Waals surface area contributed by atoms with Crippen LogP contribution in [-0.2, 0) is 4.79 Å². The van der Waals surface area contributed by atoms with Gasteiger partial charge >= 0.3 is 0 Å². The standard InChI is InChI=1S/C12H12ClNO2/c1-2-3-11(15)8-16-12-6-10(13)5-4-9(12)7-14/h4-6H,2-3,8H2,1H3. The molecule has 1 aromatic carbocycles. The van der Waals surface area contributed by atoms with E-state index < -0.39 is 0 Å². The van der Waals surface area contributed by atoms with Gasteiger partial charge in [0.1, 0.15) is 18.4 Å². The molecule has 0 aliphatic heterocycles. The smallest absolute Gasteiger partial charge is 0.170 e. The van der Waals surface area contributed by atoms with Gasteiger partial charge in [0.05, 0.1) is 5.56 Å². The van der Waals surface area contributed by atoms with Gasteiger partial charge in [0, 0.05) is 17.5 Å². The summed E-state index contributed by atoms with van der Waals surface area (Å²) in [5.41, 5.74) is 0.383. The van der Waals surface area contributed by atoms with Crippen molar-refractivity contribution in [1.82, 2.24) is 0 Å². The van der Waals surface area contributed by atoms with Gasteiger partial charge < -0.3 is 4.74 Å². The minimum absolute atomic E-state index is 0.0110. The Morgan fingerprint density at radius 2 is 2.31 bits per heavy atom. The molecule has 0 radical (unpaired) electrons. The highest BCUT2D eigenvalue weighted by atomic mass is 35.5. The van der Waals surface area contributed by atoms with Crippen LogP contribution in [0.15, 0.2) is 18.2 Å². The molecule has 0 amide bonds. The molecule has 1 aromatic rings. The Morgan fingerprint density at radius 1 is 1.56 bits per heavy atom. The Hall–Kier alpha value is -1.53. The molecular weight excluding hydrogens is 226 g/mol. The summed E-state index contributed by atoms with van der Waals surface area (Å²) in [6.07, 6.45) is 1.28. The number of halogens is 1. The first-order valence-electron chi connectivity index (χ1n) is 5.01. The van der Waals surface area contributed by atoms with Crippen LogP contribution in [0.25, 0.3) is 0 Å². The average Bonchev–Trinajstić information content (AvgIpc) is 2.27. The molecule has 0 aromatic heterocycles. The predicted octanol–water partition coefficient (Wildman–Crippen LogP) is 2.96. The zero-order chi connectivity index (χ0) is 12.0. The summed E-state index contributed by atoms with van der Waals surface area (Å²) in [4.78, 5) is 11.3. The van der Waals surface area contributed by atoms with Gasteiger partial charge in [-0.05, 0) is 18.6 Å². The molecule has 84 valence electrons. The van der Waals surface area contributed by atoms with E-state index in [1.54, 1.807) is 18.2 Å². The SMILES string of the molecule is CCCC(=O)COc1cc(Cl)ccc1C#N. The summed E-state index contributed by atoms with van der Waals surface area (Å²) in [5.74, 6) is 0.380. The molecule has 0 unspecified atom stereocenters. The highest BCUT2D eigenvalue weighted by molar-refractivity contribution is 6.30. The normalized spacial score (nSPS) is 9.56. The number of rotatable bonds is 5. The molecule has 0 N–H and O–H groups in total. The largest absolute Gasteiger partial charge is 0.484 e. The molecular formula is C12H12ClNO2. The molecule has 0 aliphatic rings. The second-order valence-corrected chi connectivity index (χ2v) is 3.77. The molecule has 3 nitrogen and oxygen atoms in total. The third-order valence-electron chi connectivity index (χ3n) is 1.98. The van der Waals surface area contributed by atoms with E-state index >= 15 is 0 Å². The van der Waals surface area contributed by atoms with Crippen LogP contribution in [0, 0.1) is 11.3 Å². The van der Waals surface area contributed by atoms with Crippen molar-refractivity contribution in [3.63, 3.8) is 0 Å². The van der Waals surface area contributed by atoms with Crippen LogP contribution in [0.1, 0.15) is 25.3 Å². The summed E-state index contributed by atoms with van der Waals surface area (Å²) in [6, 6.07) is 6.71. The third kappa shape index (κ3) is 3.56. The molecule has 0 bridgehead atoms. The lowest BCUT2D eigenvalue weighted by Crippen LogP contribution is -2.11. The third-order valence-corrected chi connectivity index (χ3v) is 2.22. The van der Waals surface area contributed by atoms with Crippen molar-refractivity contribution in [1.29, 1.82) is 5.26 Å². The lowest BCUT2D eigenvalue weighted by Gasteiger charge is -2.06. The van der Waals surface area contributed by atoms with Gasteiger partial charge in [0.25, 0.3) is 0 Å². The van der Waals surface area contributed by atoms with Gasteiger partial charge in [0.15, 0.2) is 5.78 Å². The Kier molecular flexibility index (Phi) is 4.81. The second-order valence-electron chi connectivity index (χ2n) is 3.33. The maximum Gasteiger partial charge on any atom is 0.170 e. The monoisotopic (exact) mass is 237 g/mol. The molecule has 0 fully saturated rings. The van der Waals surface area contributed by atoms with Gasteiger partial charge in [-0.3, -0.25) is 4.79 Å². The number of hydrogen-bond acceptors (Lipinski definition) is 3. The highest BCUT2D eigenvalue weighted by Crippen LogP contribution is 2.22. The summed E-state index contributed by atoms with van der Waals surface area (Å²) < 4.78 is 5.27. The zero-order valence-corrected chi connectivity index (χ0v) is 9.75. The number of ether oxygens (including phenoxy) is 1. The number of carbonyl (C=O) groups is 1. The van der Waals surface area contributed by atoms with Crippen molar-refractivity contribution < 1.29 is 9.53 Å². The lowest BCUT2D eigenvalue weighted by atomic mass is 10.2. The van der Waals surface area contributed by atoms with E-state index in [0.717, 1.165) is 6.42 Å². The van der Waals surface area contributed by atoms with Crippen molar-refractivity contribution in [2.75, 3.05) is 6.61 Å². The van der Waals surface area contributed by atoms with E-state index in [4.69, 9.17) is 21.6 Å². The van der Waals surface area contributed by atoms with Crippen LogP contribution in [0.2, 0.25) is 5.02 Å². The number of hydrogen-bond donors (Lipinski definition) is 0. The molecule has 0 atom stereocenters. The van der Waals surface area contributed by atoms with Crippen molar-refractivity contribution in [3.05, 3.63) is 28.8 Å². The Bertz CT molecular complexity index is 424. The molecule has 0 saturated carbocycles.